The van der Waals surface area contributed by atoms with E-state index in [9.17, 15) is 13.2 Å². The molecule has 0 unspecified atom stereocenters. The minimum atomic E-state index is -3.55. The van der Waals surface area contributed by atoms with E-state index >= 15 is 0 Å². The van der Waals surface area contributed by atoms with Gasteiger partial charge in [-0.05, 0) is 42.5 Å². The third-order valence-electron chi connectivity index (χ3n) is 5.56. The molecule has 0 aliphatic carbocycles. The summed E-state index contributed by atoms with van der Waals surface area (Å²) in [7, 11) is -3.55. The highest BCUT2D eigenvalue weighted by atomic mass is 32.2. The van der Waals surface area contributed by atoms with Gasteiger partial charge in [-0.3, -0.25) is 4.79 Å². The van der Waals surface area contributed by atoms with Crippen molar-refractivity contribution in [3.63, 3.8) is 0 Å². The van der Waals surface area contributed by atoms with Crippen LogP contribution in [0, 0.1) is 5.92 Å². The first-order valence-corrected chi connectivity index (χ1v) is 10.9. The fourth-order valence-electron chi connectivity index (χ4n) is 4.05. The van der Waals surface area contributed by atoms with Crippen molar-refractivity contribution >= 4 is 15.9 Å². The summed E-state index contributed by atoms with van der Waals surface area (Å²) in [5, 5.41) is 0. The summed E-state index contributed by atoms with van der Waals surface area (Å²) < 4.78 is 27.3. The zero-order valence-electron chi connectivity index (χ0n) is 15.3. The second-order valence-electron chi connectivity index (χ2n) is 7.29. The Morgan fingerprint density at radius 2 is 1.63 bits per heavy atom. The summed E-state index contributed by atoms with van der Waals surface area (Å²) in [5.41, 5.74) is 2.50. The predicted octanol–water partition coefficient (Wildman–Crippen LogP) is 2.67. The Labute approximate surface area is 160 Å². The summed E-state index contributed by atoms with van der Waals surface area (Å²) in [6, 6.07) is 16.7. The van der Waals surface area contributed by atoms with Crippen LogP contribution in [0.4, 0.5) is 0 Å². The number of carbonyl (C=O) groups excluding carboxylic acids is 1. The highest BCUT2D eigenvalue weighted by Crippen LogP contribution is 2.27. The lowest BCUT2D eigenvalue weighted by atomic mass is 9.95. The molecule has 27 heavy (non-hydrogen) atoms. The Balaban J connectivity index is 1.48. The molecular formula is C21H24N2O3S. The third kappa shape index (κ3) is 3.64. The maximum absolute atomic E-state index is 13.1. The first kappa shape index (κ1) is 18.2. The average molecular weight is 385 g/mol. The van der Waals surface area contributed by atoms with Crippen LogP contribution in [0.2, 0.25) is 0 Å². The van der Waals surface area contributed by atoms with Crippen molar-refractivity contribution in [3.8, 4) is 0 Å². The normalized spacial score (nSPS) is 20.9. The highest BCUT2D eigenvalue weighted by Gasteiger charge is 2.35. The Kier molecular flexibility index (Phi) is 5.02. The molecule has 0 spiro atoms. The number of fused-ring (bicyclic) bond motifs is 1. The number of amides is 1. The van der Waals surface area contributed by atoms with Gasteiger partial charge in [-0.2, -0.15) is 4.31 Å². The van der Waals surface area contributed by atoms with Crippen molar-refractivity contribution in [2.24, 2.45) is 5.92 Å². The van der Waals surface area contributed by atoms with Crippen LogP contribution in [0.15, 0.2) is 59.5 Å². The molecule has 2 aromatic rings. The van der Waals surface area contributed by atoms with Gasteiger partial charge in [0, 0.05) is 26.2 Å². The van der Waals surface area contributed by atoms with E-state index in [1.807, 2.05) is 17.0 Å². The lowest BCUT2D eigenvalue weighted by Gasteiger charge is -2.36. The molecule has 0 N–H and O–H groups in total. The molecule has 2 heterocycles. The predicted molar refractivity (Wildman–Crippen MR) is 103 cm³/mol. The first-order chi connectivity index (χ1) is 13.1. The molecule has 0 aromatic heterocycles. The fourth-order valence-corrected chi connectivity index (χ4v) is 5.59. The first-order valence-electron chi connectivity index (χ1n) is 9.46. The zero-order chi connectivity index (χ0) is 18.9. The molecule has 0 radical (unpaired) electrons. The summed E-state index contributed by atoms with van der Waals surface area (Å²) in [5.74, 6) is -0.181. The van der Waals surface area contributed by atoms with E-state index in [-0.39, 0.29) is 18.4 Å². The van der Waals surface area contributed by atoms with Gasteiger partial charge in [-0.25, -0.2) is 8.42 Å². The molecule has 1 amide bonds. The van der Waals surface area contributed by atoms with Crippen LogP contribution in [0.5, 0.6) is 0 Å². The molecule has 5 nitrogen and oxygen atoms in total. The van der Waals surface area contributed by atoms with Crippen LogP contribution < -0.4 is 0 Å². The van der Waals surface area contributed by atoms with Crippen molar-refractivity contribution < 1.29 is 13.2 Å². The van der Waals surface area contributed by atoms with Gasteiger partial charge in [0.15, 0.2) is 0 Å². The Morgan fingerprint density at radius 1 is 0.926 bits per heavy atom. The molecule has 2 aliphatic rings. The number of sulfonamides is 1. The monoisotopic (exact) mass is 384 g/mol. The van der Waals surface area contributed by atoms with Crippen molar-refractivity contribution in [1.29, 1.82) is 0 Å². The average Bonchev–Trinajstić information content (AvgIpc) is 2.73. The second-order valence-corrected chi connectivity index (χ2v) is 9.23. The van der Waals surface area contributed by atoms with Gasteiger partial charge in [0.2, 0.25) is 15.9 Å². The third-order valence-corrected chi connectivity index (χ3v) is 7.44. The minimum absolute atomic E-state index is 0.0810. The number of benzene rings is 2. The van der Waals surface area contributed by atoms with E-state index in [4.69, 9.17) is 0 Å². The maximum atomic E-state index is 13.1. The van der Waals surface area contributed by atoms with Crippen molar-refractivity contribution in [3.05, 3.63) is 65.7 Å². The Morgan fingerprint density at radius 3 is 2.41 bits per heavy atom. The van der Waals surface area contributed by atoms with E-state index in [1.54, 1.807) is 30.3 Å². The van der Waals surface area contributed by atoms with Crippen LogP contribution in [0.3, 0.4) is 0 Å². The van der Waals surface area contributed by atoms with Crippen LogP contribution in [0.1, 0.15) is 24.0 Å². The van der Waals surface area contributed by atoms with Gasteiger partial charge < -0.3 is 4.90 Å². The molecule has 2 aliphatic heterocycles. The second kappa shape index (κ2) is 7.44. The summed E-state index contributed by atoms with van der Waals surface area (Å²) >= 11 is 0. The van der Waals surface area contributed by atoms with E-state index < -0.39 is 10.0 Å². The lowest BCUT2D eigenvalue weighted by Crippen LogP contribution is -2.47. The molecule has 6 heteroatoms. The number of carbonyl (C=O) groups is 1. The van der Waals surface area contributed by atoms with Crippen LogP contribution >= 0.6 is 0 Å². The molecule has 1 atom stereocenters. The summed E-state index contributed by atoms with van der Waals surface area (Å²) in [6.07, 6.45) is 2.32. The summed E-state index contributed by atoms with van der Waals surface area (Å²) in [6.45, 7) is 2.08. The number of hydrogen-bond acceptors (Lipinski definition) is 3. The van der Waals surface area contributed by atoms with Gasteiger partial charge in [0.1, 0.15) is 0 Å². The number of nitrogens with zero attached hydrogens (tertiary/aromatic N) is 2. The van der Waals surface area contributed by atoms with E-state index in [1.165, 1.54) is 15.4 Å². The van der Waals surface area contributed by atoms with E-state index in [0.29, 0.717) is 31.0 Å². The molecule has 2 aromatic carbocycles. The molecule has 0 bridgehead atoms. The summed E-state index contributed by atoms with van der Waals surface area (Å²) in [4.78, 5) is 15.3. The topological polar surface area (TPSA) is 57.7 Å². The highest BCUT2D eigenvalue weighted by molar-refractivity contribution is 7.89. The SMILES string of the molecule is O=C([C@@H]1CCCN(S(=O)(=O)c2ccccc2)C1)N1CCc2ccccc2C1. The molecule has 4 rings (SSSR count). The quantitative estimate of drug-likeness (QED) is 0.818. The minimum Gasteiger partial charge on any atom is -0.338 e. The van der Waals surface area contributed by atoms with E-state index in [0.717, 1.165) is 12.8 Å². The van der Waals surface area contributed by atoms with Gasteiger partial charge in [-0.1, -0.05) is 42.5 Å². The smallest absolute Gasteiger partial charge is 0.243 e. The standard InChI is InChI=1S/C21H24N2O3S/c24-21(22-14-12-17-7-4-5-8-18(17)15-22)19-9-6-13-23(16-19)27(25,26)20-10-2-1-3-11-20/h1-5,7-8,10-11,19H,6,9,12-16H2/t19-/m1/s1. The largest absolute Gasteiger partial charge is 0.338 e. The fraction of sp³-hybridized carbons (Fsp3) is 0.381. The molecular weight excluding hydrogens is 360 g/mol. The van der Waals surface area contributed by atoms with Crippen LogP contribution in [0.25, 0.3) is 0 Å². The lowest BCUT2D eigenvalue weighted by molar-refractivity contribution is -0.137. The zero-order valence-corrected chi connectivity index (χ0v) is 16.1. The molecule has 1 saturated heterocycles. The maximum Gasteiger partial charge on any atom is 0.243 e. The van der Waals surface area contributed by atoms with Crippen molar-refractivity contribution in [2.75, 3.05) is 19.6 Å². The number of piperidine rings is 1. The molecule has 0 saturated carbocycles. The number of rotatable bonds is 3. The van der Waals surface area contributed by atoms with Crippen LogP contribution in [-0.4, -0.2) is 43.2 Å². The van der Waals surface area contributed by atoms with Crippen molar-refractivity contribution in [2.45, 2.75) is 30.7 Å². The van der Waals surface area contributed by atoms with Gasteiger partial charge in [0.05, 0.1) is 10.8 Å². The Bertz CT molecular complexity index is 927. The number of hydrogen-bond donors (Lipinski definition) is 0. The van der Waals surface area contributed by atoms with Crippen LogP contribution in [-0.2, 0) is 27.8 Å². The van der Waals surface area contributed by atoms with Gasteiger partial charge in [0.25, 0.3) is 0 Å². The van der Waals surface area contributed by atoms with Crippen molar-refractivity contribution in [1.82, 2.24) is 9.21 Å². The van der Waals surface area contributed by atoms with Gasteiger partial charge >= 0.3 is 0 Å². The molecule has 142 valence electrons. The Hall–Kier alpha value is -2.18. The van der Waals surface area contributed by atoms with E-state index in [2.05, 4.69) is 12.1 Å². The van der Waals surface area contributed by atoms with Gasteiger partial charge in [-0.15, -0.1) is 0 Å². The molecule has 1 fully saturated rings.